The third-order valence-electron chi connectivity index (χ3n) is 2.74. The van der Waals surface area contributed by atoms with Gasteiger partial charge in [0.15, 0.2) is 5.82 Å². The van der Waals surface area contributed by atoms with E-state index in [9.17, 15) is 0 Å². The van der Waals surface area contributed by atoms with Crippen molar-refractivity contribution in [2.75, 3.05) is 19.0 Å². The van der Waals surface area contributed by atoms with E-state index >= 15 is 0 Å². The summed E-state index contributed by atoms with van der Waals surface area (Å²) in [6.07, 6.45) is 0. The standard InChI is InChI=1S/C15H18ClN3O2/c1-4-20-9-14-18-13(17-3)8-15(19-14)21-12-7-10(2)5-6-11(12)16/h5-8H,4,9H2,1-3H3,(H,17,18,19). The topological polar surface area (TPSA) is 56.3 Å². The number of benzene rings is 1. The minimum atomic E-state index is 0.337. The Morgan fingerprint density at radius 3 is 2.76 bits per heavy atom. The number of anilines is 1. The van der Waals surface area contributed by atoms with E-state index in [-0.39, 0.29) is 0 Å². The van der Waals surface area contributed by atoms with Crippen LogP contribution in [0.4, 0.5) is 5.82 Å². The summed E-state index contributed by atoms with van der Waals surface area (Å²) in [5, 5.41) is 3.51. The molecule has 0 aliphatic heterocycles. The van der Waals surface area contributed by atoms with Crippen LogP contribution in [-0.4, -0.2) is 23.6 Å². The largest absolute Gasteiger partial charge is 0.437 e. The summed E-state index contributed by atoms with van der Waals surface area (Å²) < 4.78 is 11.1. The lowest BCUT2D eigenvalue weighted by Gasteiger charge is -2.10. The average Bonchev–Trinajstić information content (AvgIpc) is 2.48. The highest BCUT2D eigenvalue weighted by atomic mass is 35.5. The molecule has 0 aliphatic carbocycles. The van der Waals surface area contributed by atoms with Crippen molar-refractivity contribution in [3.63, 3.8) is 0 Å². The molecule has 1 N–H and O–H groups in total. The zero-order valence-corrected chi connectivity index (χ0v) is 13.1. The van der Waals surface area contributed by atoms with Crippen LogP contribution in [0.3, 0.4) is 0 Å². The van der Waals surface area contributed by atoms with Crippen molar-refractivity contribution in [3.05, 3.63) is 40.7 Å². The Morgan fingerprint density at radius 1 is 1.24 bits per heavy atom. The van der Waals surface area contributed by atoms with Crippen molar-refractivity contribution >= 4 is 17.4 Å². The fraction of sp³-hybridized carbons (Fsp3) is 0.333. The number of nitrogens with zero attached hydrogens (tertiary/aromatic N) is 2. The lowest BCUT2D eigenvalue weighted by atomic mass is 10.2. The van der Waals surface area contributed by atoms with Crippen molar-refractivity contribution < 1.29 is 9.47 Å². The minimum Gasteiger partial charge on any atom is -0.437 e. The molecule has 0 aliphatic rings. The van der Waals surface area contributed by atoms with Crippen molar-refractivity contribution in [2.45, 2.75) is 20.5 Å². The molecule has 5 nitrogen and oxygen atoms in total. The maximum absolute atomic E-state index is 6.13. The van der Waals surface area contributed by atoms with Crippen LogP contribution in [0.1, 0.15) is 18.3 Å². The summed E-state index contributed by atoms with van der Waals surface area (Å²) in [7, 11) is 1.79. The SMILES string of the molecule is CCOCc1nc(NC)cc(Oc2cc(C)ccc2Cl)n1. The van der Waals surface area contributed by atoms with Crippen LogP contribution in [0.15, 0.2) is 24.3 Å². The van der Waals surface area contributed by atoms with Crippen LogP contribution in [0.5, 0.6) is 11.6 Å². The Labute approximate surface area is 129 Å². The molecule has 0 saturated heterocycles. The van der Waals surface area contributed by atoms with Crippen molar-refractivity contribution in [1.82, 2.24) is 9.97 Å². The zero-order chi connectivity index (χ0) is 15.2. The van der Waals surface area contributed by atoms with Gasteiger partial charge in [0.2, 0.25) is 5.88 Å². The quantitative estimate of drug-likeness (QED) is 0.879. The number of halogens is 1. The Balaban J connectivity index is 2.27. The smallest absolute Gasteiger partial charge is 0.224 e. The second kappa shape index (κ2) is 7.24. The van der Waals surface area contributed by atoms with E-state index in [4.69, 9.17) is 21.1 Å². The Morgan fingerprint density at radius 2 is 2.05 bits per heavy atom. The summed E-state index contributed by atoms with van der Waals surface area (Å²) in [6.45, 7) is 4.84. The second-order valence-electron chi connectivity index (χ2n) is 4.43. The van der Waals surface area contributed by atoms with Crippen LogP contribution in [0, 0.1) is 6.92 Å². The Hall–Kier alpha value is -1.85. The van der Waals surface area contributed by atoms with Crippen LogP contribution >= 0.6 is 11.6 Å². The highest BCUT2D eigenvalue weighted by Crippen LogP contribution is 2.30. The second-order valence-corrected chi connectivity index (χ2v) is 4.84. The number of hydrogen-bond acceptors (Lipinski definition) is 5. The molecule has 0 amide bonds. The summed E-state index contributed by atoms with van der Waals surface area (Å²) >= 11 is 6.13. The average molecular weight is 308 g/mol. The Bertz CT molecular complexity index is 620. The molecule has 2 aromatic rings. The van der Waals surface area contributed by atoms with Crippen LogP contribution in [0.2, 0.25) is 5.02 Å². The van der Waals surface area contributed by atoms with Gasteiger partial charge in [-0.15, -0.1) is 0 Å². The monoisotopic (exact) mass is 307 g/mol. The molecule has 0 radical (unpaired) electrons. The van der Waals surface area contributed by atoms with Gasteiger partial charge >= 0.3 is 0 Å². The van der Waals surface area contributed by atoms with Gasteiger partial charge in [-0.25, -0.2) is 4.98 Å². The maximum atomic E-state index is 6.13. The summed E-state index contributed by atoms with van der Waals surface area (Å²) in [6, 6.07) is 7.31. The van der Waals surface area contributed by atoms with Crippen LogP contribution in [-0.2, 0) is 11.3 Å². The van der Waals surface area contributed by atoms with Gasteiger partial charge in [-0.2, -0.15) is 4.98 Å². The van der Waals surface area contributed by atoms with Gasteiger partial charge in [-0.1, -0.05) is 17.7 Å². The predicted octanol–water partition coefficient (Wildman–Crippen LogP) is 3.81. The van der Waals surface area contributed by atoms with E-state index in [0.29, 0.717) is 41.5 Å². The van der Waals surface area contributed by atoms with E-state index in [1.807, 2.05) is 26.0 Å². The van der Waals surface area contributed by atoms with Gasteiger partial charge in [-0.3, -0.25) is 0 Å². The molecule has 0 unspecified atom stereocenters. The number of rotatable bonds is 6. The highest BCUT2D eigenvalue weighted by molar-refractivity contribution is 6.32. The number of aryl methyl sites for hydroxylation is 1. The molecule has 2 rings (SSSR count). The fourth-order valence-corrected chi connectivity index (χ4v) is 1.87. The summed E-state index contributed by atoms with van der Waals surface area (Å²) in [4.78, 5) is 8.64. The van der Waals surface area contributed by atoms with E-state index in [2.05, 4.69) is 15.3 Å². The normalized spacial score (nSPS) is 10.5. The third-order valence-corrected chi connectivity index (χ3v) is 3.05. The molecule has 0 spiro atoms. The molecule has 1 heterocycles. The van der Waals surface area contributed by atoms with E-state index in [1.54, 1.807) is 19.2 Å². The molecule has 1 aromatic heterocycles. The fourth-order valence-electron chi connectivity index (χ4n) is 1.71. The first-order chi connectivity index (χ1) is 10.1. The molecule has 21 heavy (non-hydrogen) atoms. The van der Waals surface area contributed by atoms with E-state index in [1.165, 1.54) is 0 Å². The molecule has 0 saturated carbocycles. The first-order valence-corrected chi connectivity index (χ1v) is 7.07. The maximum Gasteiger partial charge on any atom is 0.224 e. The molecular weight excluding hydrogens is 290 g/mol. The molecule has 6 heteroatoms. The van der Waals surface area contributed by atoms with Crippen molar-refractivity contribution in [3.8, 4) is 11.6 Å². The first-order valence-electron chi connectivity index (χ1n) is 6.70. The van der Waals surface area contributed by atoms with Gasteiger partial charge in [0.25, 0.3) is 0 Å². The first kappa shape index (κ1) is 15.5. The Kier molecular flexibility index (Phi) is 5.36. The number of nitrogens with one attached hydrogen (secondary N) is 1. The van der Waals surface area contributed by atoms with Gasteiger partial charge in [-0.05, 0) is 31.5 Å². The number of hydrogen-bond donors (Lipinski definition) is 1. The molecule has 112 valence electrons. The van der Waals surface area contributed by atoms with Gasteiger partial charge in [0, 0.05) is 19.7 Å². The minimum absolute atomic E-state index is 0.337. The van der Waals surface area contributed by atoms with Gasteiger partial charge < -0.3 is 14.8 Å². The predicted molar refractivity (Wildman–Crippen MR) is 83.2 cm³/mol. The van der Waals surface area contributed by atoms with Gasteiger partial charge in [0.05, 0.1) is 5.02 Å². The highest BCUT2D eigenvalue weighted by Gasteiger charge is 2.09. The zero-order valence-electron chi connectivity index (χ0n) is 12.3. The lowest BCUT2D eigenvalue weighted by molar-refractivity contribution is 0.128. The molecule has 0 atom stereocenters. The summed E-state index contributed by atoms with van der Waals surface area (Å²) in [5.74, 6) is 2.22. The van der Waals surface area contributed by atoms with E-state index in [0.717, 1.165) is 5.56 Å². The lowest BCUT2D eigenvalue weighted by Crippen LogP contribution is -2.04. The molecule has 0 bridgehead atoms. The van der Waals surface area contributed by atoms with Crippen LogP contribution < -0.4 is 10.1 Å². The van der Waals surface area contributed by atoms with Crippen molar-refractivity contribution in [2.24, 2.45) is 0 Å². The van der Waals surface area contributed by atoms with Crippen molar-refractivity contribution in [1.29, 1.82) is 0 Å². The molecule has 1 aromatic carbocycles. The number of aromatic nitrogens is 2. The molecular formula is C15H18ClN3O2. The van der Waals surface area contributed by atoms with Crippen LogP contribution in [0.25, 0.3) is 0 Å². The van der Waals surface area contributed by atoms with E-state index < -0.39 is 0 Å². The summed E-state index contributed by atoms with van der Waals surface area (Å²) in [5.41, 5.74) is 1.06. The molecule has 0 fully saturated rings. The van der Waals surface area contributed by atoms with Gasteiger partial charge in [0.1, 0.15) is 18.2 Å². The third kappa shape index (κ3) is 4.31. The number of ether oxygens (including phenoxy) is 2.